The molecule has 218 valence electrons. The fourth-order valence-electron chi connectivity index (χ4n) is 6.76. The monoisotopic (exact) mass is 592 g/mol. The van der Waals surface area contributed by atoms with Crippen LogP contribution in [0.3, 0.4) is 0 Å². The maximum absolute atomic E-state index is 6.49. The van der Waals surface area contributed by atoms with E-state index < -0.39 is 0 Å². The summed E-state index contributed by atoms with van der Waals surface area (Å²) in [4.78, 5) is 4.51. The van der Waals surface area contributed by atoms with Gasteiger partial charge in [-0.2, -0.15) is 0 Å². The number of aromatic nitrogens is 4. The number of benzene rings is 5. The van der Waals surface area contributed by atoms with Crippen molar-refractivity contribution in [1.29, 1.82) is 0 Å². The molecule has 5 heteroatoms. The van der Waals surface area contributed by atoms with Gasteiger partial charge in [-0.3, -0.25) is 4.98 Å². The fraction of sp³-hybridized carbons (Fsp3) is 0. The minimum atomic E-state index is 0.744. The number of pyridine rings is 2. The van der Waals surface area contributed by atoms with E-state index in [9.17, 15) is 0 Å². The van der Waals surface area contributed by atoms with Gasteiger partial charge in [-0.1, -0.05) is 84.9 Å². The van der Waals surface area contributed by atoms with Crippen LogP contribution in [-0.4, -0.2) is 14.1 Å². The lowest BCUT2D eigenvalue weighted by atomic mass is 10.1. The molecule has 5 nitrogen and oxygen atoms in total. The van der Waals surface area contributed by atoms with E-state index in [0.717, 1.165) is 61.6 Å². The van der Waals surface area contributed by atoms with Gasteiger partial charge < -0.3 is 13.9 Å². The van der Waals surface area contributed by atoms with Crippen LogP contribution in [0, 0.1) is 7.05 Å². The van der Waals surface area contributed by atoms with Gasteiger partial charge in [-0.15, -0.1) is 0 Å². The highest BCUT2D eigenvalue weighted by atomic mass is 16.5. The molecular formula is C41H28N4O. The molecule has 0 saturated heterocycles. The topological polar surface area (TPSA) is 35.9 Å². The van der Waals surface area contributed by atoms with Crippen molar-refractivity contribution < 1.29 is 9.30 Å². The van der Waals surface area contributed by atoms with Crippen LogP contribution in [0.5, 0.6) is 11.5 Å². The summed E-state index contributed by atoms with van der Waals surface area (Å²) in [5.41, 5.74) is 8.45. The molecule has 0 unspecified atom stereocenters. The first-order valence-electron chi connectivity index (χ1n) is 15.3. The third-order valence-corrected chi connectivity index (χ3v) is 8.70. The summed E-state index contributed by atoms with van der Waals surface area (Å²) in [6.45, 7) is 0. The number of para-hydroxylation sites is 2. The second-order valence-corrected chi connectivity index (χ2v) is 11.4. The number of nitrogens with zero attached hydrogens (tertiary/aromatic N) is 4. The van der Waals surface area contributed by atoms with E-state index in [1.54, 1.807) is 6.20 Å². The van der Waals surface area contributed by atoms with Gasteiger partial charge in [0.15, 0.2) is 11.2 Å². The molecule has 0 fully saturated rings. The fourth-order valence-corrected chi connectivity index (χ4v) is 6.76. The maximum Gasteiger partial charge on any atom is 0.192 e. The molecule has 0 radical (unpaired) electrons. The van der Waals surface area contributed by atoms with E-state index in [1.165, 1.54) is 16.3 Å². The molecule has 4 aromatic heterocycles. The van der Waals surface area contributed by atoms with Gasteiger partial charge in [0.1, 0.15) is 22.7 Å². The minimum absolute atomic E-state index is 0.744. The molecule has 0 aliphatic carbocycles. The van der Waals surface area contributed by atoms with Crippen LogP contribution < -0.4 is 9.30 Å². The number of ether oxygens (including phenoxy) is 1. The van der Waals surface area contributed by atoms with Crippen molar-refractivity contribution in [1.82, 2.24) is 14.1 Å². The molecule has 9 aromatic rings. The van der Waals surface area contributed by atoms with E-state index in [4.69, 9.17) is 4.74 Å². The maximum atomic E-state index is 6.49. The molecule has 0 atom stereocenters. The molecule has 0 N–H and O–H groups in total. The van der Waals surface area contributed by atoms with Crippen LogP contribution >= 0.6 is 0 Å². The lowest BCUT2D eigenvalue weighted by Crippen LogP contribution is -2.27. The SMILES string of the molecule is [CH2-][n+]1cccc2c3ccc4c5ccccc5n(-c5ccccc5)c4c3n(-c3cccc(Oc4cccc(-c5ccccn5)c4)c3)c21. The third-order valence-electron chi connectivity index (χ3n) is 8.70. The van der Waals surface area contributed by atoms with Crippen LogP contribution in [-0.2, 0) is 0 Å². The van der Waals surface area contributed by atoms with Gasteiger partial charge in [0, 0.05) is 45.1 Å². The lowest BCUT2D eigenvalue weighted by molar-refractivity contribution is -0.586. The molecule has 0 saturated carbocycles. The first-order chi connectivity index (χ1) is 22.7. The average molecular weight is 593 g/mol. The summed E-state index contributed by atoms with van der Waals surface area (Å²) in [6, 6.07) is 50.3. The second-order valence-electron chi connectivity index (χ2n) is 11.4. The van der Waals surface area contributed by atoms with Gasteiger partial charge >= 0.3 is 0 Å². The summed E-state index contributed by atoms with van der Waals surface area (Å²) >= 11 is 0. The second kappa shape index (κ2) is 10.4. The molecule has 5 aromatic carbocycles. The van der Waals surface area contributed by atoms with Crippen molar-refractivity contribution in [3.8, 4) is 34.1 Å². The molecule has 0 spiro atoms. The summed E-state index contributed by atoms with van der Waals surface area (Å²) in [5, 5.41) is 4.71. The van der Waals surface area contributed by atoms with Crippen molar-refractivity contribution >= 4 is 43.7 Å². The quantitative estimate of drug-likeness (QED) is 0.147. The zero-order chi connectivity index (χ0) is 30.6. The van der Waals surface area contributed by atoms with E-state index >= 15 is 0 Å². The smallest absolute Gasteiger partial charge is 0.192 e. The van der Waals surface area contributed by atoms with Crippen molar-refractivity contribution in [3.05, 3.63) is 165 Å². The Morgan fingerprint density at radius 3 is 2.09 bits per heavy atom. The number of fused-ring (bicyclic) bond motifs is 7. The predicted molar refractivity (Wildman–Crippen MR) is 186 cm³/mol. The van der Waals surface area contributed by atoms with Crippen LogP contribution in [0.2, 0.25) is 0 Å². The lowest BCUT2D eigenvalue weighted by Gasteiger charge is -2.12. The van der Waals surface area contributed by atoms with Crippen LogP contribution in [0.4, 0.5) is 0 Å². The van der Waals surface area contributed by atoms with Crippen molar-refractivity contribution in [3.63, 3.8) is 0 Å². The molecular weight excluding hydrogens is 564 g/mol. The van der Waals surface area contributed by atoms with Gasteiger partial charge in [0.25, 0.3) is 0 Å². The van der Waals surface area contributed by atoms with Crippen molar-refractivity contribution in [2.45, 2.75) is 0 Å². The molecule has 46 heavy (non-hydrogen) atoms. The van der Waals surface area contributed by atoms with Crippen molar-refractivity contribution in [2.75, 3.05) is 0 Å². The number of hydrogen-bond acceptors (Lipinski definition) is 2. The highest BCUT2D eigenvalue weighted by molar-refractivity contribution is 6.23. The molecule has 0 aliphatic rings. The normalized spacial score (nSPS) is 11.6. The van der Waals surface area contributed by atoms with Gasteiger partial charge in [0.05, 0.1) is 11.2 Å². The van der Waals surface area contributed by atoms with E-state index in [-0.39, 0.29) is 0 Å². The van der Waals surface area contributed by atoms with Crippen LogP contribution in [0.25, 0.3) is 66.4 Å². The Bertz CT molecular complexity index is 2560. The summed E-state index contributed by atoms with van der Waals surface area (Å²) in [5.74, 6) is 1.49. The van der Waals surface area contributed by atoms with Gasteiger partial charge in [0.2, 0.25) is 0 Å². The Morgan fingerprint density at radius 1 is 0.543 bits per heavy atom. The Morgan fingerprint density at radius 2 is 1.24 bits per heavy atom. The Labute approximate surface area is 265 Å². The van der Waals surface area contributed by atoms with E-state index in [1.807, 2.05) is 65.4 Å². The first-order valence-corrected chi connectivity index (χ1v) is 15.3. The number of rotatable bonds is 5. The Hall–Kier alpha value is -6.33. The van der Waals surface area contributed by atoms with Crippen molar-refractivity contribution in [2.24, 2.45) is 0 Å². The molecule has 4 heterocycles. The third kappa shape index (κ3) is 4.06. The van der Waals surface area contributed by atoms with E-state index in [2.05, 4.69) is 112 Å². The molecule has 0 aliphatic heterocycles. The van der Waals surface area contributed by atoms with E-state index in [0.29, 0.717) is 0 Å². The summed E-state index contributed by atoms with van der Waals surface area (Å²) in [7, 11) is 4.41. The van der Waals surface area contributed by atoms with Gasteiger partial charge in [-0.25, -0.2) is 4.57 Å². The molecule has 0 bridgehead atoms. The summed E-state index contributed by atoms with van der Waals surface area (Å²) < 4.78 is 13.2. The summed E-state index contributed by atoms with van der Waals surface area (Å²) in [6.07, 6.45) is 3.81. The first kappa shape index (κ1) is 26.1. The average Bonchev–Trinajstić information content (AvgIpc) is 3.63. The van der Waals surface area contributed by atoms with Gasteiger partial charge in [-0.05, 0) is 67.8 Å². The standard InChI is InChI=1S/C41H28N4O/c1-43-25-11-19-36-35-23-22-34-33-18-5-6-21-38(33)44(29-13-3-2-4-14-29)39(34)40(35)45(41(36)43)30-15-10-17-32(27-30)46-31-16-9-12-28(26-31)37-20-7-8-24-42-37/h2-27H,1H2. The largest absolute Gasteiger partial charge is 0.457 e. The zero-order valence-corrected chi connectivity index (χ0v) is 24.9. The Balaban J connectivity index is 1.30. The highest BCUT2D eigenvalue weighted by Gasteiger charge is 2.24. The predicted octanol–water partition coefficient (Wildman–Crippen LogP) is 9.66. The Kier molecular flexibility index (Phi) is 5.90. The minimum Gasteiger partial charge on any atom is -0.457 e. The highest BCUT2D eigenvalue weighted by Crippen LogP contribution is 2.41. The zero-order valence-electron chi connectivity index (χ0n) is 24.9. The number of hydrogen-bond donors (Lipinski definition) is 0. The van der Waals surface area contributed by atoms with Crippen LogP contribution in [0.1, 0.15) is 0 Å². The van der Waals surface area contributed by atoms with Crippen LogP contribution in [0.15, 0.2) is 158 Å². The molecule has 0 amide bonds. The molecule has 9 rings (SSSR count).